The largest absolute Gasteiger partial charge is 0.335 e. The van der Waals surface area contributed by atoms with Crippen molar-refractivity contribution in [3.8, 4) is 11.4 Å². The van der Waals surface area contributed by atoms with Crippen LogP contribution in [0.15, 0.2) is 47.9 Å². The average molecular weight is 409 g/mol. The Kier molecular flexibility index (Phi) is 4.96. The minimum absolute atomic E-state index is 0.196. The molecule has 3 amide bonds. The quantitative estimate of drug-likeness (QED) is 0.311. The van der Waals surface area contributed by atoms with Crippen molar-refractivity contribution in [3.63, 3.8) is 0 Å². The number of pyridine rings is 1. The number of nitrogen functional groups attached to an aromatic ring is 1. The third-order valence-corrected chi connectivity index (χ3v) is 5.11. The molecule has 0 saturated carbocycles. The van der Waals surface area contributed by atoms with Crippen LogP contribution in [-0.4, -0.2) is 43.3 Å². The van der Waals surface area contributed by atoms with Crippen molar-refractivity contribution in [2.24, 2.45) is 0 Å². The first-order valence-electron chi connectivity index (χ1n) is 8.56. The number of hydrogen-bond donors (Lipinski definition) is 3. The fourth-order valence-corrected chi connectivity index (χ4v) is 3.57. The molecule has 1 aliphatic rings. The molecule has 3 heterocycles. The summed E-state index contributed by atoms with van der Waals surface area (Å²) in [7, 11) is 0. The molecular formula is C18H15N7O3S. The molecule has 4 rings (SSSR count). The lowest BCUT2D eigenvalue weighted by Gasteiger charge is -2.06. The highest BCUT2D eigenvalue weighted by Crippen LogP contribution is 2.22. The van der Waals surface area contributed by atoms with Crippen LogP contribution in [0.5, 0.6) is 0 Å². The van der Waals surface area contributed by atoms with Crippen molar-refractivity contribution in [2.75, 3.05) is 16.9 Å². The van der Waals surface area contributed by atoms with E-state index in [2.05, 4.69) is 25.8 Å². The Morgan fingerprint density at radius 3 is 2.79 bits per heavy atom. The lowest BCUT2D eigenvalue weighted by atomic mass is 10.1. The first kappa shape index (κ1) is 18.6. The number of nitrogens with zero attached hydrogens (tertiary/aromatic N) is 4. The number of amides is 3. The van der Waals surface area contributed by atoms with E-state index in [0.29, 0.717) is 28.0 Å². The second-order valence-electron chi connectivity index (χ2n) is 6.11. The Balaban J connectivity index is 1.33. The van der Waals surface area contributed by atoms with Crippen LogP contribution >= 0.6 is 11.8 Å². The molecular weight excluding hydrogens is 394 g/mol. The van der Waals surface area contributed by atoms with Gasteiger partial charge in [-0.15, -0.1) is 10.2 Å². The summed E-state index contributed by atoms with van der Waals surface area (Å²) in [5.41, 5.74) is 1.74. The molecule has 0 unspecified atom stereocenters. The van der Waals surface area contributed by atoms with E-state index in [-0.39, 0.29) is 17.9 Å². The van der Waals surface area contributed by atoms with Gasteiger partial charge in [0, 0.05) is 35.8 Å². The molecule has 0 bridgehead atoms. The number of fused-ring (bicyclic) bond motifs is 1. The number of rotatable bonds is 6. The number of imide groups is 1. The Bertz CT molecular complexity index is 1110. The fraction of sp³-hybridized carbons (Fsp3) is 0.111. The summed E-state index contributed by atoms with van der Waals surface area (Å²) >= 11 is 1.30. The Morgan fingerprint density at radius 2 is 2.00 bits per heavy atom. The number of carbonyl (C=O) groups excluding carboxylic acids is 3. The van der Waals surface area contributed by atoms with Gasteiger partial charge >= 0.3 is 0 Å². The molecule has 0 saturated heterocycles. The van der Waals surface area contributed by atoms with Crippen molar-refractivity contribution in [1.29, 1.82) is 0 Å². The zero-order valence-corrected chi connectivity index (χ0v) is 15.8. The molecule has 29 heavy (non-hydrogen) atoms. The third kappa shape index (κ3) is 3.80. The van der Waals surface area contributed by atoms with E-state index in [1.54, 1.807) is 24.5 Å². The topological polar surface area (TPSA) is 145 Å². The Morgan fingerprint density at radius 1 is 1.17 bits per heavy atom. The van der Waals surface area contributed by atoms with Crippen LogP contribution in [0.1, 0.15) is 27.1 Å². The van der Waals surface area contributed by atoms with E-state index in [1.165, 1.54) is 28.6 Å². The highest BCUT2D eigenvalue weighted by Gasteiger charge is 2.26. The van der Waals surface area contributed by atoms with Crippen LogP contribution in [0, 0.1) is 0 Å². The summed E-state index contributed by atoms with van der Waals surface area (Å²) in [6.07, 6.45) is 3.49. The van der Waals surface area contributed by atoms with Crippen LogP contribution in [0.3, 0.4) is 0 Å². The van der Waals surface area contributed by atoms with E-state index < -0.39 is 11.8 Å². The van der Waals surface area contributed by atoms with E-state index >= 15 is 0 Å². The molecule has 1 aromatic carbocycles. The predicted octanol–water partition coefficient (Wildman–Crippen LogP) is 1.06. The van der Waals surface area contributed by atoms with Gasteiger partial charge in [0.15, 0.2) is 5.82 Å². The van der Waals surface area contributed by atoms with Crippen molar-refractivity contribution in [3.05, 3.63) is 53.9 Å². The molecule has 4 N–H and O–H groups in total. The van der Waals surface area contributed by atoms with Gasteiger partial charge in [-0.25, -0.2) is 4.68 Å². The number of nitrogens with one attached hydrogen (secondary N) is 2. The minimum Gasteiger partial charge on any atom is -0.335 e. The van der Waals surface area contributed by atoms with Gasteiger partial charge in [-0.3, -0.25) is 24.7 Å². The van der Waals surface area contributed by atoms with Crippen LogP contribution in [0.4, 0.5) is 5.69 Å². The summed E-state index contributed by atoms with van der Waals surface area (Å²) in [4.78, 5) is 39.5. The molecule has 2 aromatic heterocycles. The van der Waals surface area contributed by atoms with Gasteiger partial charge in [-0.1, -0.05) is 11.8 Å². The Labute approximate surface area is 168 Å². The second-order valence-corrected chi connectivity index (χ2v) is 7.17. The van der Waals surface area contributed by atoms with Crippen molar-refractivity contribution < 1.29 is 14.4 Å². The maximum absolute atomic E-state index is 12.2. The van der Waals surface area contributed by atoms with Crippen molar-refractivity contribution >= 4 is 35.2 Å². The molecule has 0 atom stereocenters. The fourth-order valence-electron chi connectivity index (χ4n) is 2.77. The number of nitrogens with two attached hydrogens (primary N) is 1. The normalized spacial score (nSPS) is 12.6. The standard InChI is InChI=1S/C18H15N7O3S/c19-25-15(10-2-1-6-20-9-10)23-24-18(25)29-7-5-14(26)21-11-3-4-12-13(8-11)17(28)22-16(12)27/h1-4,6,8-9H,5,7,19H2,(H,21,26)(H,22,27,28). The average Bonchev–Trinajstić information content (AvgIpc) is 3.22. The lowest BCUT2D eigenvalue weighted by Crippen LogP contribution is -2.19. The Hall–Kier alpha value is -3.73. The highest BCUT2D eigenvalue weighted by atomic mass is 32.2. The molecule has 146 valence electrons. The van der Waals surface area contributed by atoms with Gasteiger partial charge in [0.1, 0.15) is 0 Å². The predicted molar refractivity (Wildman–Crippen MR) is 106 cm³/mol. The summed E-state index contributed by atoms with van der Waals surface area (Å²) in [5.74, 6) is 5.80. The molecule has 10 nitrogen and oxygen atoms in total. The van der Waals surface area contributed by atoms with Gasteiger partial charge in [0.05, 0.1) is 11.1 Å². The molecule has 0 radical (unpaired) electrons. The summed E-state index contributed by atoms with van der Waals surface area (Å²) in [5, 5.41) is 13.5. The van der Waals surface area contributed by atoms with Crippen molar-refractivity contribution in [2.45, 2.75) is 11.6 Å². The minimum atomic E-state index is -0.469. The zero-order valence-electron chi connectivity index (χ0n) is 15.0. The first-order valence-corrected chi connectivity index (χ1v) is 9.55. The number of benzene rings is 1. The number of hydrogen-bond acceptors (Lipinski definition) is 8. The van der Waals surface area contributed by atoms with Gasteiger partial charge in [-0.05, 0) is 30.3 Å². The second kappa shape index (κ2) is 7.72. The SMILES string of the molecule is Nn1c(SCCC(=O)Nc2ccc3c(c2)C(=O)NC3=O)nnc1-c1cccnc1. The van der Waals surface area contributed by atoms with Gasteiger partial charge in [0.25, 0.3) is 11.8 Å². The summed E-state index contributed by atoms with van der Waals surface area (Å²) < 4.78 is 1.36. The van der Waals surface area contributed by atoms with E-state index in [9.17, 15) is 14.4 Å². The van der Waals surface area contributed by atoms with Crippen molar-refractivity contribution in [1.82, 2.24) is 25.2 Å². The maximum Gasteiger partial charge on any atom is 0.259 e. The van der Waals surface area contributed by atoms with Gasteiger partial charge in [0.2, 0.25) is 11.1 Å². The van der Waals surface area contributed by atoms with Crippen LogP contribution in [-0.2, 0) is 4.79 Å². The number of anilines is 1. The van der Waals surface area contributed by atoms with E-state index in [1.807, 2.05) is 6.07 Å². The molecule has 3 aromatic rings. The molecule has 0 spiro atoms. The molecule has 0 fully saturated rings. The van der Waals surface area contributed by atoms with Crippen LogP contribution < -0.4 is 16.5 Å². The summed E-state index contributed by atoms with van der Waals surface area (Å²) in [6.45, 7) is 0. The van der Waals surface area contributed by atoms with Gasteiger partial charge in [-0.2, -0.15) is 0 Å². The van der Waals surface area contributed by atoms with E-state index in [4.69, 9.17) is 5.84 Å². The van der Waals surface area contributed by atoms with Crippen LogP contribution in [0.25, 0.3) is 11.4 Å². The smallest absolute Gasteiger partial charge is 0.259 e. The highest BCUT2D eigenvalue weighted by molar-refractivity contribution is 7.99. The number of aromatic nitrogens is 4. The molecule has 0 aliphatic carbocycles. The van der Waals surface area contributed by atoms with Crippen LogP contribution in [0.2, 0.25) is 0 Å². The first-order chi connectivity index (χ1) is 14.0. The lowest BCUT2D eigenvalue weighted by molar-refractivity contribution is -0.115. The molecule has 11 heteroatoms. The van der Waals surface area contributed by atoms with Gasteiger partial charge < -0.3 is 11.2 Å². The van der Waals surface area contributed by atoms with E-state index in [0.717, 1.165) is 5.56 Å². The third-order valence-electron chi connectivity index (χ3n) is 4.16. The zero-order chi connectivity index (χ0) is 20.4. The summed E-state index contributed by atoms with van der Waals surface area (Å²) in [6, 6.07) is 8.18. The monoisotopic (exact) mass is 409 g/mol. The maximum atomic E-state index is 12.2. The molecule has 1 aliphatic heterocycles. The number of carbonyl (C=O) groups is 3. The number of thioether (sulfide) groups is 1.